The van der Waals surface area contributed by atoms with Crippen LogP contribution in [0.2, 0.25) is 0 Å². The molecule has 2 aliphatic rings. The third kappa shape index (κ3) is 10.7. The van der Waals surface area contributed by atoms with Crippen molar-refractivity contribution in [3.63, 3.8) is 0 Å². The Morgan fingerprint density at radius 1 is 1.12 bits per heavy atom. The van der Waals surface area contributed by atoms with Crippen LogP contribution in [0.3, 0.4) is 0 Å². The smallest absolute Gasteiger partial charge is 0.410 e. The number of amides is 3. The second kappa shape index (κ2) is 16.4. The van der Waals surface area contributed by atoms with Crippen molar-refractivity contribution in [2.45, 2.75) is 83.8 Å². The summed E-state index contributed by atoms with van der Waals surface area (Å²) in [6, 6.07) is 0.899. The highest BCUT2D eigenvalue weighted by atomic mass is 19.1. The van der Waals surface area contributed by atoms with Crippen molar-refractivity contribution in [2.75, 3.05) is 46.6 Å². The first-order valence-electron chi connectivity index (χ1n) is 15.3. The Morgan fingerprint density at radius 2 is 1.86 bits per heavy atom. The first-order valence-corrected chi connectivity index (χ1v) is 15.3. The van der Waals surface area contributed by atoms with Crippen molar-refractivity contribution in [2.24, 2.45) is 11.8 Å². The fourth-order valence-corrected chi connectivity index (χ4v) is 5.33. The molecule has 0 bridgehead atoms. The van der Waals surface area contributed by atoms with Crippen molar-refractivity contribution in [3.05, 3.63) is 24.0 Å². The van der Waals surface area contributed by atoms with Crippen molar-refractivity contribution in [1.29, 1.82) is 0 Å². The molecule has 0 radical (unpaired) electrons. The van der Waals surface area contributed by atoms with E-state index in [1.54, 1.807) is 15.9 Å². The lowest BCUT2D eigenvalue weighted by Gasteiger charge is -2.35. The summed E-state index contributed by atoms with van der Waals surface area (Å²) in [6.45, 7) is 7.17. The minimum absolute atomic E-state index is 0.0251. The number of pyridine rings is 1. The van der Waals surface area contributed by atoms with Gasteiger partial charge in [-0.05, 0) is 69.9 Å². The number of carbonyl (C=O) groups excluding carboxylic acids is 4. The van der Waals surface area contributed by atoms with E-state index in [1.807, 2.05) is 20.8 Å². The zero-order valence-corrected chi connectivity index (χ0v) is 25.9. The van der Waals surface area contributed by atoms with E-state index in [9.17, 15) is 23.6 Å². The van der Waals surface area contributed by atoms with Gasteiger partial charge in [-0.25, -0.2) is 9.18 Å². The van der Waals surface area contributed by atoms with Gasteiger partial charge in [-0.3, -0.25) is 19.4 Å². The Balaban J connectivity index is 1.50. The standard InChI is InChI=1S/C31H47FN4O7/c1-5-31(2,3)43-30(40)35-14-10-22(11-15-35)8-9-27(37)36-13-6-7-23(21-36)29(39)34-26(18-28(38)41-4)24-17-25(20-33-19-24)42-16-12-32/h17,19-20,22-23,26H,5-16,18,21H2,1-4H3,(H,34,39). The summed E-state index contributed by atoms with van der Waals surface area (Å²) in [6.07, 6.45) is 7.44. The molecule has 0 aliphatic carbocycles. The molecule has 2 aliphatic heterocycles. The van der Waals surface area contributed by atoms with Crippen LogP contribution in [0.5, 0.6) is 5.75 Å². The van der Waals surface area contributed by atoms with Crippen molar-refractivity contribution in [3.8, 4) is 5.75 Å². The summed E-state index contributed by atoms with van der Waals surface area (Å²) in [4.78, 5) is 58.7. The molecule has 1 aromatic heterocycles. The average molecular weight is 607 g/mol. The zero-order chi connectivity index (χ0) is 31.4. The molecule has 2 fully saturated rings. The number of rotatable bonds is 13. The van der Waals surface area contributed by atoms with Gasteiger partial charge >= 0.3 is 12.1 Å². The van der Waals surface area contributed by atoms with Gasteiger partial charge in [0.1, 0.15) is 24.6 Å². The van der Waals surface area contributed by atoms with Crippen molar-refractivity contribution in [1.82, 2.24) is 20.1 Å². The summed E-state index contributed by atoms with van der Waals surface area (Å²) in [7, 11) is 1.27. The van der Waals surface area contributed by atoms with Crippen LogP contribution < -0.4 is 10.1 Å². The molecule has 2 saturated heterocycles. The van der Waals surface area contributed by atoms with Gasteiger partial charge in [0, 0.05) is 38.8 Å². The number of alkyl halides is 1. The molecule has 12 heteroatoms. The molecule has 1 aromatic rings. The number of halogens is 1. The van der Waals surface area contributed by atoms with Crippen molar-refractivity contribution < 1.29 is 37.8 Å². The Morgan fingerprint density at radius 3 is 2.53 bits per heavy atom. The molecule has 3 rings (SSSR count). The van der Waals surface area contributed by atoms with E-state index in [4.69, 9.17) is 14.2 Å². The maximum atomic E-state index is 13.3. The summed E-state index contributed by atoms with van der Waals surface area (Å²) >= 11 is 0. The number of ether oxygens (including phenoxy) is 3. The van der Waals surface area contributed by atoms with E-state index >= 15 is 0 Å². The Bertz CT molecular complexity index is 1090. The molecule has 0 spiro atoms. The fraction of sp³-hybridized carbons (Fsp3) is 0.710. The van der Waals surface area contributed by atoms with E-state index in [0.29, 0.717) is 62.7 Å². The maximum absolute atomic E-state index is 13.3. The van der Waals surface area contributed by atoms with Gasteiger partial charge in [0.2, 0.25) is 11.8 Å². The lowest BCUT2D eigenvalue weighted by atomic mass is 9.91. The Labute approximate surface area is 253 Å². The molecule has 43 heavy (non-hydrogen) atoms. The topological polar surface area (TPSA) is 127 Å². The number of piperidine rings is 2. The van der Waals surface area contributed by atoms with Crippen LogP contribution in [0.15, 0.2) is 18.5 Å². The largest absolute Gasteiger partial charge is 0.489 e. The van der Waals surface area contributed by atoms with Crippen LogP contribution in [-0.4, -0.2) is 90.8 Å². The number of nitrogens with one attached hydrogen (secondary N) is 1. The number of methoxy groups -OCH3 is 1. The predicted octanol–water partition coefficient (Wildman–Crippen LogP) is 4.21. The minimum atomic E-state index is -0.719. The van der Waals surface area contributed by atoms with Gasteiger partial charge in [-0.15, -0.1) is 0 Å². The molecule has 1 N–H and O–H groups in total. The molecule has 11 nitrogen and oxygen atoms in total. The third-order valence-corrected chi connectivity index (χ3v) is 8.40. The van der Waals surface area contributed by atoms with E-state index in [-0.39, 0.29) is 30.9 Å². The summed E-state index contributed by atoms with van der Waals surface area (Å²) in [5.74, 6) is -0.469. The molecule has 2 atom stereocenters. The number of carbonyl (C=O) groups is 4. The lowest BCUT2D eigenvalue weighted by molar-refractivity contribution is -0.141. The zero-order valence-electron chi connectivity index (χ0n) is 25.9. The number of likely N-dealkylation sites (tertiary alicyclic amines) is 2. The van der Waals surface area contributed by atoms with Crippen molar-refractivity contribution >= 4 is 23.9 Å². The Hall–Kier alpha value is -3.44. The van der Waals surface area contributed by atoms with Gasteiger partial charge < -0.3 is 29.3 Å². The van der Waals surface area contributed by atoms with Gasteiger partial charge in [-0.1, -0.05) is 6.92 Å². The monoisotopic (exact) mass is 606 g/mol. The highest BCUT2D eigenvalue weighted by Gasteiger charge is 2.32. The van der Waals surface area contributed by atoms with Crippen LogP contribution in [0.4, 0.5) is 9.18 Å². The summed E-state index contributed by atoms with van der Waals surface area (Å²) in [5, 5.41) is 2.94. The summed E-state index contributed by atoms with van der Waals surface area (Å²) in [5.41, 5.74) is 0.0482. The quantitative estimate of drug-likeness (QED) is 0.331. The third-order valence-electron chi connectivity index (χ3n) is 8.40. The SMILES string of the molecule is CCC(C)(C)OC(=O)N1CCC(CCC(=O)N2CCCC(C(=O)NC(CC(=O)OC)c3cncc(OCCF)c3)C2)CC1. The Kier molecular flexibility index (Phi) is 13.0. The second-order valence-electron chi connectivity index (χ2n) is 12.0. The van der Waals surface area contributed by atoms with Gasteiger partial charge in [-0.2, -0.15) is 0 Å². The number of hydrogen-bond acceptors (Lipinski definition) is 8. The first kappa shape index (κ1) is 34.1. The van der Waals surface area contributed by atoms with E-state index < -0.39 is 30.2 Å². The van der Waals surface area contributed by atoms with E-state index in [1.165, 1.54) is 19.5 Å². The number of esters is 1. The highest BCUT2D eigenvalue weighted by Crippen LogP contribution is 2.27. The number of hydrogen-bond donors (Lipinski definition) is 1. The lowest BCUT2D eigenvalue weighted by Crippen LogP contribution is -2.46. The molecule has 3 amide bonds. The predicted molar refractivity (Wildman–Crippen MR) is 157 cm³/mol. The second-order valence-corrected chi connectivity index (χ2v) is 12.0. The minimum Gasteiger partial charge on any atom is -0.489 e. The number of nitrogens with zero attached hydrogens (tertiary/aromatic N) is 3. The normalized spacial score (nSPS) is 18.5. The van der Waals surface area contributed by atoms with Crippen LogP contribution >= 0.6 is 0 Å². The fourth-order valence-electron chi connectivity index (χ4n) is 5.33. The van der Waals surface area contributed by atoms with Crippen LogP contribution in [-0.2, 0) is 23.9 Å². The van der Waals surface area contributed by atoms with Gasteiger partial charge in [0.25, 0.3) is 0 Å². The molecule has 0 saturated carbocycles. The molecule has 3 heterocycles. The maximum Gasteiger partial charge on any atom is 0.410 e. The molecule has 0 aromatic carbocycles. The van der Waals surface area contributed by atoms with Gasteiger partial charge in [0.05, 0.1) is 31.7 Å². The molecular formula is C31H47FN4O7. The van der Waals surface area contributed by atoms with Crippen LogP contribution in [0, 0.1) is 11.8 Å². The highest BCUT2D eigenvalue weighted by molar-refractivity contribution is 5.82. The van der Waals surface area contributed by atoms with Gasteiger partial charge in [0.15, 0.2) is 0 Å². The first-order chi connectivity index (χ1) is 20.5. The molecule has 240 valence electrons. The summed E-state index contributed by atoms with van der Waals surface area (Å²) < 4.78 is 28.3. The van der Waals surface area contributed by atoms with E-state index in [2.05, 4.69) is 10.3 Å². The van der Waals surface area contributed by atoms with E-state index in [0.717, 1.165) is 25.7 Å². The number of aromatic nitrogens is 1. The van der Waals surface area contributed by atoms with Crippen LogP contribution in [0.1, 0.15) is 83.7 Å². The average Bonchev–Trinajstić information content (AvgIpc) is 3.02. The molecule has 2 unspecified atom stereocenters. The molecular weight excluding hydrogens is 559 g/mol. The van der Waals surface area contributed by atoms with Crippen LogP contribution in [0.25, 0.3) is 0 Å².